The maximum absolute atomic E-state index is 12.3. The Bertz CT molecular complexity index is 355. The van der Waals surface area contributed by atoms with Gasteiger partial charge in [0, 0.05) is 19.8 Å². The lowest BCUT2D eigenvalue weighted by atomic mass is 10.0. The van der Waals surface area contributed by atoms with Crippen LogP contribution in [0.5, 0.6) is 0 Å². The molecule has 2 unspecified atom stereocenters. The first-order chi connectivity index (χ1) is 9.63. The molecule has 0 aromatic heterocycles. The Balaban J connectivity index is 1.76. The maximum atomic E-state index is 12.3. The number of carbonyl (C=O) groups is 2. The third-order valence-corrected chi connectivity index (χ3v) is 4.06. The van der Waals surface area contributed by atoms with E-state index in [2.05, 4.69) is 5.32 Å². The fourth-order valence-corrected chi connectivity index (χ4v) is 2.55. The third kappa shape index (κ3) is 3.95. The van der Waals surface area contributed by atoms with Gasteiger partial charge in [0.05, 0.1) is 0 Å². The summed E-state index contributed by atoms with van der Waals surface area (Å²) in [5.74, 6) is 0.786. The Morgan fingerprint density at radius 3 is 2.75 bits per heavy atom. The highest BCUT2D eigenvalue weighted by Crippen LogP contribution is 2.28. The first kappa shape index (κ1) is 15.3. The van der Waals surface area contributed by atoms with Crippen molar-refractivity contribution in [2.45, 2.75) is 58.0 Å². The zero-order valence-electron chi connectivity index (χ0n) is 12.6. The first-order valence-corrected chi connectivity index (χ1v) is 7.82. The molecule has 2 aliphatic rings. The van der Waals surface area contributed by atoms with Crippen LogP contribution in [0.1, 0.15) is 46.0 Å². The van der Waals surface area contributed by atoms with E-state index >= 15 is 0 Å². The zero-order valence-corrected chi connectivity index (χ0v) is 12.6. The molecular weight excluding hydrogens is 256 g/mol. The maximum Gasteiger partial charge on any atom is 0.245 e. The lowest BCUT2D eigenvalue weighted by Crippen LogP contribution is -2.62. The van der Waals surface area contributed by atoms with Gasteiger partial charge in [0.15, 0.2) is 0 Å². The fraction of sp³-hybridized carbons (Fsp3) is 0.867. The van der Waals surface area contributed by atoms with E-state index in [1.807, 2.05) is 6.92 Å². The average molecular weight is 282 g/mol. The second-order valence-electron chi connectivity index (χ2n) is 5.93. The summed E-state index contributed by atoms with van der Waals surface area (Å²) in [5, 5.41) is 2.81. The molecule has 5 heteroatoms. The highest BCUT2D eigenvalue weighted by atomic mass is 16.5. The van der Waals surface area contributed by atoms with E-state index in [-0.39, 0.29) is 23.9 Å². The molecule has 1 saturated heterocycles. The molecule has 1 saturated carbocycles. The van der Waals surface area contributed by atoms with Crippen LogP contribution in [0.15, 0.2) is 0 Å². The van der Waals surface area contributed by atoms with Gasteiger partial charge in [0.2, 0.25) is 11.8 Å². The second-order valence-corrected chi connectivity index (χ2v) is 5.93. The number of piperazine rings is 1. The third-order valence-electron chi connectivity index (χ3n) is 4.06. The van der Waals surface area contributed by atoms with Gasteiger partial charge in [-0.1, -0.05) is 13.3 Å². The Hall–Kier alpha value is -1.10. The van der Waals surface area contributed by atoms with E-state index in [0.717, 1.165) is 25.4 Å². The molecular formula is C15H26N2O3. The van der Waals surface area contributed by atoms with Crippen molar-refractivity contribution in [2.75, 3.05) is 19.8 Å². The van der Waals surface area contributed by atoms with Crippen LogP contribution in [0.25, 0.3) is 0 Å². The molecule has 2 amide bonds. The summed E-state index contributed by atoms with van der Waals surface area (Å²) < 4.78 is 5.58. The summed E-state index contributed by atoms with van der Waals surface area (Å²) in [6.45, 7) is 5.95. The van der Waals surface area contributed by atoms with Crippen molar-refractivity contribution in [3.05, 3.63) is 0 Å². The topological polar surface area (TPSA) is 58.6 Å². The molecule has 1 aliphatic carbocycles. The number of rotatable bonds is 8. The average Bonchev–Trinajstić information content (AvgIpc) is 3.23. The summed E-state index contributed by atoms with van der Waals surface area (Å²) in [6.07, 6.45) is 4.99. The molecule has 2 fully saturated rings. The zero-order chi connectivity index (χ0) is 14.5. The van der Waals surface area contributed by atoms with Crippen molar-refractivity contribution in [2.24, 2.45) is 5.92 Å². The molecule has 1 N–H and O–H groups in total. The Morgan fingerprint density at radius 1 is 1.35 bits per heavy atom. The molecule has 5 nitrogen and oxygen atoms in total. The Labute approximate surface area is 121 Å². The van der Waals surface area contributed by atoms with Crippen molar-refractivity contribution in [3.63, 3.8) is 0 Å². The molecule has 1 heterocycles. The SMILES string of the molecule is CCCC1NC(=O)C(C)N(CCCOCC2CC2)C1=O. The van der Waals surface area contributed by atoms with E-state index in [1.54, 1.807) is 11.8 Å². The summed E-state index contributed by atoms with van der Waals surface area (Å²) in [5.41, 5.74) is 0. The minimum Gasteiger partial charge on any atom is -0.381 e. The van der Waals surface area contributed by atoms with E-state index in [4.69, 9.17) is 4.74 Å². The monoisotopic (exact) mass is 282 g/mol. The van der Waals surface area contributed by atoms with Crippen LogP contribution in [-0.4, -0.2) is 48.6 Å². The lowest BCUT2D eigenvalue weighted by Gasteiger charge is -2.37. The number of hydrogen-bond donors (Lipinski definition) is 1. The van der Waals surface area contributed by atoms with Crippen molar-refractivity contribution >= 4 is 11.8 Å². The van der Waals surface area contributed by atoms with E-state index in [1.165, 1.54) is 12.8 Å². The first-order valence-electron chi connectivity index (χ1n) is 7.82. The number of nitrogens with one attached hydrogen (secondary N) is 1. The summed E-state index contributed by atoms with van der Waals surface area (Å²) in [6, 6.07) is -0.699. The minimum atomic E-state index is -0.362. The van der Waals surface area contributed by atoms with Crippen LogP contribution >= 0.6 is 0 Å². The normalized spacial score (nSPS) is 26.8. The molecule has 1 aliphatic heterocycles. The number of ether oxygens (including phenoxy) is 1. The van der Waals surface area contributed by atoms with Gasteiger partial charge in [0.1, 0.15) is 12.1 Å². The molecule has 0 radical (unpaired) electrons. The van der Waals surface area contributed by atoms with Crippen LogP contribution in [0, 0.1) is 5.92 Å². The number of amides is 2. The van der Waals surface area contributed by atoms with E-state index in [9.17, 15) is 9.59 Å². The largest absolute Gasteiger partial charge is 0.381 e. The number of hydrogen-bond acceptors (Lipinski definition) is 3. The molecule has 2 atom stereocenters. The lowest BCUT2D eigenvalue weighted by molar-refractivity contribution is -0.149. The van der Waals surface area contributed by atoms with Gasteiger partial charge >= 0.3 is 0 Å². The predicted octanol–water partition coefficient (Wildman–Crippen LogP) is 1.32. The van der Waals surface area contributed by atoms with E-state index < -0.39 is 0 Å². The van der Waals surface area contributed by atoms with Crippen LogP contribution in [0.4, 0.5) is 0 Å². The molecule has 0 aromatic carbocycles. The molecule has 20 heavy (non-hydrogen) atoms. The number of carbonyl (C=O) groups excluding carboxylic acids is 2. The molecule has 2 rings (SSSR count). The summed E-state index contributed by atoms with van der Waals surface area (Å²) in [7, 11) is 0. The van der Waals surface area contributed by atoms with Gasteiger partial charge in [-0.15, -0.1) is 0 Å². The van der Waals surface area contributed by atoms with Gasteiger partial charge in [-0.3, -0.25) is 9.59 Å². The van der Waals surface area contributed by atoms with Crippen LogP contribution in [0.2, 0.25) is 0 Å². The van der Waals surface area contributed by atoms with Gasteiger partial charge < -0.3 is 15.0 Å². The van der Waals surface area contributed by atoms with Gasteiger partial charge in [-0.2, -0.15) is 0 Å². The van der Waals surface area contributed by atoms with E-state index in [0.29, 0.717) is 19.6 Å². The fourth-order valence-electron chi connectivity index (χ4n) is 2.55. The van der Waals surface area contributed by atoms with Crippen LogP contribution < -0.4 is 5.32 Å². The van der Waals surface area contributed by atoms with Gasteiger partial charge in [0.25, 0.3) is 0 Å². The Morgan fingerprint density at radius 2 is 2.10 bits per heavy atom. The van der Waals surface area contributed by atoms with Crippen LogP contribution in [0.3, 0.4) is 0 Å². The highest BCUT2D eigenvalue weighted by Gasteiger charge is 2.36. The van der Waals surface area contributed by atoms with Gasteiger partial charge in [-0.05, 0) is 38.5 Å². The van der Waals surface area contributed by atoms with Crippen molar-refractivity contribution < 1.29 is 14.3 Å². The number of nitrogens with zero attached hydrogens (tertiary/aromatic N) is 1. The minimum absolute atomic E-state index is 0.0399. The van der Waals surface area contributed by atoms with Gasteiger partial charge in [-0.25, -0.2) is 0 Å². The Kier molecular flexibility index (Phi) is 5.40. The second kappa shape index (κ2) is 7.07. The predicted molar refractivity (Wildman–Crippen MR) is 76.2 cm³/mol. The molecule has 0 bridgehead atoms. The molecule has 114 valence electrons. The molecule has 0 spiro atoms. The summed E-state index contributed by atoms with van der Waals surface area (Å²) in [4.78, 5) is 25.9. The quantitative estimate of drug-likeness (QED) is 0.683. The molecule has 0 aromatic rings. The highest BCUT2D eigenvalue weighted by molar-refractivity contribution is 5.96. The smallest absolute Gasteiger partial charge is 0.245 e. The summed E-state index contributed by atoms with van der Waals surface area (Å²) >= 11 is 0. The van der Waals surface area contributed by atoms with Crippen LogP contribution in [-0.2, 0) is 14.3 Å². The standard InChI is InChI=1S/C15H26N2O3/c1-3-5-13-15(19)17(11(2)14(18)16-13)8-4-9-20-10-12-6-7-12/h11-13H,3-10H2,1-2H3,(H,16,18). The van der Waals surface area contributed by atoms with Crippen molar-refractivity contribution in [1.29, 1.82) is 0 Å². The van der Waals surface area contributed by atoms with Crippen molar-refractivity contribution in [1.82, 2.24) is 10.2 Å². The van der Waals surface area contributed by atoms with Crippen molar-refractivity contribution in [3.8, 4) is 0 Å².